The molecule has 2 N–H and O–H groups in total. The lowest BCUT2D eigenvalue weighted by molar-refractivity contribution is -0.132. The summed E-state index contributed by atoms with van der Waals surface area (Å²) in [5.74, 6) is -1.52. The van der Waals surface area contributed by atoms with Gasteiger partial charge in [-0.25, -0.2) is 0 Å². The van der Waals surface area contributed by atoms with Crippen LogP contribution < -0.4 is 14.4 Å². The summed E-state index contributed by atoms with van der Waals surface area (Å²) in [4.78, 5) is 28.4. The third kappa shape index (κ3) is 4.51. The zero-order chi connectivity index (χ0) is 27.0. The number of halogens is 1. The van der Waals surface area contributed by atoms with Crippen LogP contribution in [0.4, 0.5) is 5.69 Å². The molecule has 3 aromatic carbocycles. The molecule has 0 aromatic heterocycles. The van der Waals surface area contributed by atoms with Crippen LogP contribution in [0.3, 0.4) is 0 Å². The van der Waals surface area contributed by atoms with Gasteiger partial charge in [-0.05, 0) is 80.3 Å². The highest BCUT2D eigenvalue weighted by Gasteiger charge is 2.48. The molecule has 1 aliphatic rings. The second kappa shape index (κ2) is 10.2. The number of rotatable bonds is 6. The van der Waals surface area contributed by atoms with Gasteiger partial charge in [-0.2, -0.15) is 0 Å². The molecule has 1 amide bonds. The molecule has 1 aliphatic heterocycles. The number of anilines is 1. The van der Waals surface area contributed by atoms with Gasteiger partial charge >= 0.3 is 0 Å². The van der Waals surface area contributed by atoms with Gasteiger partial charge in [-0.1, -0.05) is 29.8 Å². The highest BCUT2D eigenvalue weighted by molar-refractivity contribution is 6.52. The number of nitrogens with zero attached hydrogens (tertiary/aromatic N) is 1. The quantitative estimate of drug-likeness (QED) is 0.234. The molecule has 1 fully saturated rings. The van der Waals surface area contributed by atoms with E-state index < -0.39 is 17.7 Å². The van der Waals surface area contributed by atoms with Crippen molar-refractivity contribution in [2.75, 3.05) is 18.6 Å². The molecule has 0 saturated carbocycles. The maximum absolute atomic E-state index is 13.6. The van der Waals surface area contributed by atoms with Gasteiger partial charge in [0.1, 0.15) is 11.5 Å². The Balaban J connectivity index is 2.06. The van der Waals surface area contributed by atoms with Crippen molar-refractivity contribution in [3.63, 3.8) is 0 Å². The zero-order valence-corrected chi connectivity index (χ0v) is 22.0. The van der Waals surface area contributed by atoms with Gasteiger partial charge in [0.15, 0.2) is 11.5 Å². The summed E-state index contributed by atoms with van der Waals surface area (Å²) in [6.45, 7) is 7.53. The average Bonchev–Trinajstić information content (AvgIpc) is 3.11. The van der Waals surface area contributed by atoms with Crippen molar-refractivity contribution in [1.82, 2.24) is 0 Å². The topological polar surface area (TPSA) is 96.3 Å². The average molecular weight is 522 g/mol. The first-order valence-corrected chi connectivity index (χ1v) is 12.2. The lowest BCUT2D eigenvalue weighted by Gasteiger charge is -2.27. The van der Waals surface area contributed by atoms with Crippen molar-refractivity contribution in [3.8, 4) is 17.2 Å². The fourth-order valence-corrected chi connectivity index (χ4v) is 4.94. The number of methoxy groups -OCH3 is 1. The number of phenols is 1. The number of ether oxygens (including phenoxy) is 2. The number of amides is 1. The SMILES string of the molecule is CCOc1cc(C2/C(=C(\O)c3cc(C)cc(C)c3OC)C(=O)C(=O)N2c2cccc(Cl)c2C)ccc1O. The lowest BCUT2D eigenvalue weighted by Crippen LogP contribution is -2.30. The number of hydrogen-bond acceptors (Lipinski definition) is 6. The summed E-state index contributed by atoms with van der Waals surface area (Å²) >= 11 is 6.37. The van der Waals surface area contributed by atoms with E-state index in [1.165, 1.54) is 18.1 Å². The molecule has 192 valence electrons. The number of benzene rings is 3. The second-order valence-corrected chi connectivity index (χ2v) is 9.28. The predicted molar refractivity (Wildman–Crippen MR) is 143 cm³/mol. The van der Waals surface area contributed by atoms with Crippen LogP contribution in [0.1, 0.15) is 40.8 Å². The Bertz CT molecular complexity index is 1440. The monoisotopic (exact) mass is 521 g/mol. The Labute approximate surface area is 220 Å². The van der Waals surface area contributed by atoms with Crippen LogP contribution >= 0.6 is 11.6 Å². The number of ketones is 1. The van der Waals surface area contributed by atoms with Crippen LogP contribution in [0.15, 0.2) is 54.1 Å². The number of hydrogen-bond donors (Lipinski definition) is 2. The van der Waals surface area contributed by atoms with Crippen molar-refractivity contribution >= 4 is 34.7 Å². The molecule has 7 nitrogen and oxygen atoms in total. The Morgan fingerprint density at radius 1 is 1.08 bits per heavy atom. The molecule has 37 heavy (non-hydrogen) atoms. The van der Waals surface area contributed by atoms with Crippen molar-refractivity contribution in [2.45, 2.75) is 33.7 Å². The highest BCUT2D eigenvalue weighted by Crippen LogP contribution is 2.46. The molecule has 0 aliphatic carbocycles. The fourth-order valence-electron chi connectivity index (χ4n) is 4.77. The van der Waals surface area contributed by atoms with E-state index in [4.69, 9.17) is 21.1 Å². The van der Waals surface area contributed by atoms with E-state index in [1.807, 2.05) is 19.9 Å². The molecule has 4 rings (SSSR count). The summed E-state index contributed by atoms with van der Waals surface area (Å²) in [7, 11) is 1.48. The van der Waals surface area contributed by atoms with Crippen LogP contribution in [0.5, 0.6) is 17.2 Å². The molecule has 0 radical (unpaired) electrons. The Morgan fingerprint density at radius 3 is 2.49 bits per heavy atom. The number of aromatic hydroxyl groups is 1. The minimum atomic E-state index is -1.03. The maximum Gasteiger partial charge on any atom is 0.300 e. The number of phenolic OH excluding ortho intramolecular Hbond substituents is 1. The van der Waals surface area contributed by atoms with Crippen molar-refractivity contribution < 1.29 is 29.3 Å². The normalized spacial score (nSPS) is 16.8. The number of carbonyl (C=O) groups is 2. The van der Waals surface area contributed by atoms with Gasteiger partial charge in [-0.3, -0.25) is 14.5 Å². The van der Waals surface area contributed by atoms with Crippen LogP contribution in [0.25, 0.3) is 5.76 Å². The van der Waals surface area contributed by atoms with Gasteiger partial charge in [0.25, 0.3) is 11.7 Å². The number of carbonyl (C=O) groups excluding carboxylic acids is 2. The zero-order valence-electron chi connectivity index (χ0n) is 21.3. The molecular weight excluding hydrogens is 494 g/mol. The fraction of sp³-hybridized carbons (Fsp3) is 0.241. The molecular formula is C29H28ClNO6. The Morgan fingerprint density at radius 2 is 1.81 bits per heavy atom. The van der Waals surface area contributed by atoms with Gasteiger partial charge < -0.3 is 19.7 Å². The summed E-state index contributed by atoms with van der Waals surface area (Å²) < 4.78 is 11.1. The van der Waals surface area contributed by atoms with Crippen molar-refractivity contribution in [1.29, 1.82) is 0 Å². The van der Waals surface area contributed by atoms with Gasteiger partial charge in [0, 0.05) is 10.7 Å². The number of aliphatic hydroxyl groups excluding tert-OH is 1. The summed E-state index contributed by atoms with van der Waals surface area (Å²) in [5, 5.41) is 22.3. The number of Topliss-reactive ketones (excluding diaryl/α,β-unsaturated/α-hetero) is 1. The smallest absolute Gasteiger partial charge is 0.300 e. The van der Waals surface area contributed by atoms with Crippen LogP contribution in [-0.4, -0.2) is 35.6 Å². The first kappa shape index (κ1) is 26.1. The molecule has 1 unspecified atom stereocenters. The molecule has 1 atom stereocenters. The van der Waals surface area contributed by atoms with E-state index in [1.54, 1.807) is 50.2 Å². The van der Waals surface area contributed by atoms with E-state index in [9.17, 15) is 19.8 Å². The number of aryl methyl sites for hydroxylation is 2. The molecule has 3 aromatic rings. The third-order valence-corrected chi connectivity index (χ3v) is 6.83. The summed E-state index contributed by atoms with van der Waals surface area (Å²) in [5.41, 5.74) is 3.30. The second-order valence-electron chi connectivity index (χ2n) is 8.88. The van der Waals surface area contributed by atoms with Gasteiger partial charge in [-0.15, -0.1) is 0 Å². The Kier molecular flexibility index (Phi) is 7.18. The summed E-state index contributed by atoms with van der Waals surface area (Å²) in [6.07, 6.45) is 0. The maximum atomic E-state index is 13.6. The predicted octanol–water partition coefficient (Wildman–Crippen LogP) is 6.00. The molecule has 8 heteroatoms. The largest absolute Gasteiger partial charge is 0.507 e. The molecule has 1 heterocycles. The Hall–Kier alpha value is -3.97. The third-order valence-electron chi connectivity index (χ3n) is 6.42. The van der Waals surface area contributed by atoms with E-state index >= 15 is 0 Å². The first-order valence-electron chi connectivity index (χ1n) is 11.8. The standard InChI is InChI=1S/C29H28ClNO6/c1-6-37-23-14-18(10-11-22(23)32)25-24(26(33)19-13-15(2)12-16(3)28(19)36-5)27(34)29(35)31(25)21-9-7-8-20(30)17(21)4/h7-14,25,32-33H,6H2,1-5H3/b26-24+. The van der Waals surface area contributed by atoms with E-state index in [0.717, 1.165) is 11.1 Å². The van der Waals surface area contributed by atoms with E-state index in [-0.39, 0.29) is 22.8 Å². The molecule has 0 spiro atoms. The van der Waals surface area contributed by atoms with Crippen LogP contribution in [-0.2, 0) is 9.59 Å². The van der Waals surface area contributed by atoms with Gasteiger partial charge in [0.05, 0.1) is 30.9 Å². The summed E-state index contributed by atoms with van der Waals surface area (Å²) in [6, 6.07) is 12.2. The lowest BCUT2D eigenvalue weighted by atomic mass is 9.93. The van der Waals surface area contributed by atoms with E-state index in [2.05, 4.69) is 0 Å². The highest BCUT2D eigenvalue weighted by atomic mass is 35.5. The van der Waals surface area contributed by atoms with Crippen molar-refractivity contribution in [3.05, 3.63) is 86.9 Å². The minimum absolute atomic E-state index is 0.0857. The molecule has 1 saturated heterocycles. The van der Waals surface area contributed by atoms with Crippen LogP contribution in [0.2, 0.25) is 5.02 Å². The molecule has 0 bridgehead atoms. The first-order chi connectivity index (χ1) is 17.6. The van der Waals surface area contributed by atoms with E-state index in [0.29, 0.717) is 39.8 Å². The van der Waals surface area contributed by atoms with Gasteiger partial charge in [0.2, 0.25) is 0 Å². The minimum Gasteiger partial charge on any atom is -0.507 e. The van der Waals surface area contributed by atoms with Crippen LogP contribution in [0, 0.1) is 20.8 Å². The van der Waals surface area contributed by atoms with Crippen molar-refractivity contribution in [2.24, 2.45) is 0 Å². The number of aliphatic hydroxyl groups is 1.